The van der Waals surface area contributed by atoms with Crippen molar-refractivity contribution in [2.45, 2.75) is 53.0 Å². The highest BCUT2D eigenvalue weighted by Crippen LogP contribution is 2.38. The molecule has 1 aliphatic heterocycles. The lowest BCUT2D eigenvalue weighted by Gasteiger charge is -2.25. The lowest BCUT2D eigenvalue weighted by molar-refractivity contribution is -0.114. The fourth-order valence-electron chi connectivity index (χ4n) is 5.08. The molecule has 1 saturated heterocycles. The van der Waals surface area contributed by atoms with Crippen molar-refractivity contribution in [3.63, 3.8) is 0 Å². The number of thiophene rings is 1. The Hall–Kier alpha value is -2.55. The van der Waals surface area contributed by atoms with E-state index in [4.69, 9.17) is 14.7 Å². The number of ether oxygens (including phenoxy) is 1. The van der Waals surface area contributed by atoms with Crippen LogP contribution in [0.5, 0.6) is 0 Å². The molecule has 0 spiro atoms. The SMILES string of the molecule is Cc1cc(C)c(NC(=O)CNc2nc(CN3CCOCC3)nc3sc4c(c23)CCCC4)c(C)c1. The number of nitrogens with zero attached hydrogens (tertiary/aromatic N) is 3. The summed E-state index contributed by atoms with van der Waals surface area (Å²) in [7, 11) is 0. The third kappa shape index (κ3) is 4.94. The third-order valence-electron chi connectivity index (χ3n) is 6.69. The van der Waals surface area contributed by atoms with Gasteiger partial charge in [-0.3, -0.25) is 9.69 Å². The van der Waals surface area contributed by atoms with Gasteiger partial charge in [0.1, 0.15) is 16.5 Å². The molecule has 0 atom stereocenters. The molecule has 2 aromatic heterocycles. The number of rotatable bonds is 6. The highest BCUT2D eigenvalue weighted by atomic mass is 32.1. The van der Waals surface area contributed by atoms with Crippen LogP contribution < -0.4 is 10.6 Å². The predicted molar refractivity (Wildman–Crippen MR) is 138 cm³/mol. The van der Waals surface area contributed by atoms with Crippen LogP contribution in [-0.4, -0.2) is 53.6 Å². The maximum atomic E-state index is 12.9. The van der Waals surface area contributed by atoms with Crippen molar-refractivity contribution < 1.29 is 9.53 Å². The van der Waals surface area contributed by atoms with Crippen LogP contribution in [0.4, 0.5) is 11.5 Å². The van der Waals surface area contributed by atoms with E-state index in [9.17, 15) is 4.79 Å². The fourth-order valence-corrected chi connectivity index (χ4v) is 6.36. The van der Waals surface area contributed by atoms with Gasteiger partial charge in [-0.25, -0.2) is 9.97 Å². The summed E-state index contributed by atoms with van der Waals surface area (Å²) in [5.41, 5.74) is 5.62. The second-order valence-electron chi connectivity index (χ2n) is 9.44. The molecule has 3 heterocycles. The van der Waals surface area contributed by atoms with Gasteiger partial charge in [0.15, 0.2) is 0 Å². The standard InChI is InChI=1S/C26H33N5O2S/c1-16-12-17(2)24(18(3)13-16)30-22(32)14-27-25-23-19-6-4-5-7-20(19)34-26(23)29-21(28-25)15-31-8-10-33-11-9-31/h12-13H,4-11,14-15H2,1-3H3,(H,30,32)(H,27,28,29). The van der Waals surface area contributed by atoms with Crippen molar-refractivity contribution in [1.29, 1.82) is 0 Å². The Morgan fingerprint density at radius 1 is 1.09 bits per heavy atom. The van der Waals surface area contributed by atoms with Gasteiger partial charge in [0.25, 0.3) is 0 Å². The first-order valence-electron chi connectivity index (χ1n) is 12.2. The Kier molecular flexibility index (Phi) is 6.81. The smallest absolute Gasteiger partial charge is 0.243 e. The van der Waals surface area contributed by atoms with Crippen LogP contribution in [0.15, 0.2) is 12.1 Å². The molecule has 0 unspecified atom stereocenters. The molecule has 2 N–H and O–H groups in total. The third-order valence-corrected chi connectivity index (χ3v) is 7.87. The topological polar surface area (TPSA) is 79.4 Å². The van der Waals surface area contributed by atoms with Gasteiger partial charge in [0.2, 0.25) is 5.91 Å². The number of aryl methyl sites for hydroxylation is 5. The lowest BCUT2D eigenvalue weighted by Crippen LogP contribution is -2.36. The first-order chi connectivity index (χ1) is 16.5. The van der Waals surface area contributed by atoms with Crippen LogP contribution in [0.2, 0.25) is 0 Å². The van der Waals surface area contributed by atoms with E-state index in [0.29, 0.717) is 6.54 Å². The Morgan fingerprint density at radius 3 is 2.59 bits per heavy atom. The van der Waals surface area contributed by atoms with Crippen molar-refractivity contribution in [2.24, 2.45) is 0 Å². The minimum Gasteiger partial charge on any atom is -0.379 e. The molecule has 1 aliphatic carbocycles. The van der Waals surface area contributed by atoms with Crippen LogP contribution in [-0.2, 0) is 28.9 Å². The van der Waals surface area contributed by atoms with Gasteiger partial charge in [0.05, 0.1) is 31.7 Å². The normalized spacial score (nSPS) is 16.4. The van der Waals surface area contributed by atoms with Gasteiger partial charge < -0.3 is 15.4 Å². The molecule has 1 fully saturated rings. The number of nitrogens with one attached hydrogen (secondary N) is 2. The number of aromatic nitrogens is 2. The van der Waals surface area contributed by atoms with Gasteiger partial charge in [-0.15, -0.1) is 11.3 Å². The number of amides is 1. The zero-order valence-corrected chi connectivity index (χ0v) is 21.1. The van der Waals surface area contributed by atoms with Crippen LogP contribution >= 0.6 is 11.3 Å². The summed E-state index contributed by atoms with van der Waals surface area (Å²) in [5, 5.41) is 7.58. The zero-order chi connectivity index (χ0) is 23.7. The van der Waals surface area contributed by atoms with Crippen LogP contribution in [0, 0.1) is 20.8 Å². The molecule has 2 aliphatic rings. The van der Waals surface area contributed by atoms with E-state index in [2.05, 4.69) is 34.6 Å². The second-order valence-corrected chi connectivity index (χ2v) is 10.5. The van der Waals surface area contributed by atoms with Gasteiger partial charge in [0, 0.05) is 23.7 Å². The van der Waals surface area contributed by atoms with Gasteiger partial charge >= 0.3 is 0 Å². The molecular weight excluding hydrogens is 446 g/mol. The summed E-state index contributed by atoms with van der Waals surface area (Å²) in [4.78, 5) is 27.6. The lowest BCUT2D eigenvalue weighted by atomic mass is 9.97. The minimum atomic E-state index is -0.0689. The van der Waals surface area contributed by atoms with E-state index < -0.39 is 0 Å². The summed E-state index contributed by atoms with van der Waals surface area (Å²) in [6.07, 6.45) is 4.60. The molecule has 0 radical (unpaired) electrons. The Balaban J connectivity index is 1.39. The first kappa shape index (κ1) is 23.2. The summed E-state index contributed by atoms with van der Waals surface area (Å²) in [6.45, 7) is 10.3. The zero-order valence-electron chi connectivity index (χ0n) is 20.3. The largest absolute Gasteiger partial charge is 0.379 e. The molecule has 180 valence electrons. The van der Waals surface area contributed by atoms with E-state index in [1.807, 2.05) is 13.8 Å². The maximum Gasteiger partial charge on any atom is 0.243 e. The Labute approximate surface area is 204 Å². The number of morpholine rings is 1. The molecule has 7 nitrogen and oxygen atoms in total. The quantitative estimate of drug-likeness (QED) is 0.546. The molecule has 1 amide bonds. The van der Waals surface area contributed by atoms with E-state index in [-0.39, 0.29) is 12.5 Å². The number of benzene rings is 1. The van der Waals surface area contributed by atoms with Crippen molar-refractivity contribution in [3.05, 3.63) is 45.1 Å². The summed E-state index contributed by atoms with van der Waals surface area (Å²) >= 11 is 1.80. The number of hydrogen-bond acceptors (Lipinski definition) is 7. The molecular formula is C26H33N5O2S. The van der Waals surface area contributed by atoms with E-state index in [1.54, 1.807) is 11.3 Å². The predicted octanol–water partition coefficient (Wildman–Crippen LogP) is 4.38. The van der Waals surface area contributed by atoms with Gasteiger partial charge in [-0.2, -0.15) is 0 Å². The molecule has 0 bridgehead atoms. The number of carbonyl (C=O) groups excluding carboxylic acids is 1. The van der Waals surface area contributed by atoms with Crippen molar-refractivity contribution in [1.82, 2.24) is 14.9 Å². The van der Waals surface area contributed by atoms with E-state index in [0.717, 1.165) is 77.8 Å². The Morgan fingerprint density at radius 2 is 1.82 bits per heavy atom. The highest BCUT2D eigenvalue weighted by Gasteiger charge is 2.22. The van der Waals surface area contributed by atoms with Crippen LogP contribution in [0.1, 0.15) is 45.8 Å². The van der Waals surface area contributed by atoms with Gasteiger partial charge in [-0.1, -0.05) is 17.7 Å². The Bertz CT molecular complexity index is 1190. The average Bonchev–Trinajstić information content (AvgIpc) is 3.19. The van der Waals surface area contributed by atoms with Crippen molar-refractivity contribution in [2.75, 3.05) is 43.5 Å². The fraction of sp³-hybridized carbons (Fsp3) is 0.500. The summed E-state index contributed by atoms with van der Waals surface area (Å²) in [5.74, 6) is 1.53. The van der Waals surface area contributed by atoms with E-state index in [1.165, 1.54) is 28.8 Å². The highest BCUT2D eigenvalue weighted by molar-refractivity contribution is 7.19. The molecule has 8 heteroatoms. The molecule has 5 rings (SSSR count). The summed E-state index contributed by atoms with van der Waals surface area (Å²) < 4.78 is 5.49. The average molecular weight is 480 g/mol. The number of fused-ring (bicyclic) bond motifs is 3. The van der Waals surface area contributed by atoms with Crippen LogP contribution in [0.3, 0.4) is 0 Å². The monoisotopic (exact) mass is 479 g/mol. The number of anilines is 2. The van der Waals surface area contributed by atoms with Gasteiger partial charge in [-0.05, 0) is 63.1 Å². The number of carbonyl (C=O) groups is 1. The van der Waals surface area contributed by atoms with Crippen molar-refractivity contribution >= 4 is 39.0 Å². The second kappa shape index (κ2) is 9.98. The summed E-state index contributed by atoms with van der Waals surface area (Å²) in [6, 6.07) is 4.19. The van der Waals surface area contributed by atoms with E-state index >= 15 is 0 Å². The maximum absolute atomic E-state index is 12.9. The first-order valence-corrected chi connectivity index (χ1v) is 13.0. The molecule has 1 aromatic carbocycles. The molecule has 0 saturated carbocycles. The van der Waals surface area contributed by atoms with Crippen molar-refractivity contribution in [3.8, 4) is 0 Å². The minimum absolute atomic E-state index is 0.0689. The molecule has 34 heavy (non-hydrogen) atoms. The number of hydrogen-bond donors (Lipinski definition) is 2. The molecule has 3 aromatic rings. The van der Waals surface area contributed by atoms with Crippen LogP contribution in [0.25, 0.3) is 10.2 Å².